The van der Waals surface area contributed by atoms with E-state index in [4.69, 9.17) is 9.47 Å². The van der Waals surface area contributed by atoms with Crippen molar-refractivity contribution in [1.82, 2.24) is 4.90 Å². The molecule has 0 fully saturated rings. The molecule has 2 aliphatic heterocycles. The molecule has 180 valence electrons. The predicted molar refractivity (Wildman–Crippen MR) is 127 cm³/mol. The van der Waals surface area contributed by atoms with Gasteiger partial charge < -0.3 is 14.8 Å². The summed E-state index contributed by atoms with van der Waals surface area (Å²) in [7, 11) is 0. The summed E-state index contributed by atoms with van der Waals surface area (Å²) in [5.41, 5.74) is 1.68. The monoisotopic (exact) mass is 484 g/mol. The van der Waals surface area contributed by atoms with E-state index in [1.165, 1.54) is 24.3 Å². The van der Waals surface area contributed by atoms with Gasteiger partial charge in [0.2, 0.25) is 0 Å². The Balaban J connectivity index is 1.35. The lowest BCUT2D eigenvalue weighted by Gasteiger charge is -2.24. The number of ketones is 1. The molecular weight excluding hydrogens is 464 g/mol. The Morgan fingerprint density at radius 2 is 1.58 bits per heavy atom. The molecule has 9 heteroatoms. The second kappa shape index (κ2) is 9.46. The number of benzene rings is 3. The van der Waals surface area contributed by atoms with E-state index in [0.717, 1.165) is 4.90 Å². The van der Waals surface area contributed by atoms with Crippen molar-refractivity contribution in [2.75, 3.05) is 18.5 Å². The van der Waals surface area contributed by atoms with Crippen molar-refractivity contribution < 1.29 is 33.4 Å². The minimum Gasteiger partial charge on any atom is -0.482 e. The maximum absolute atomic E-state index is 13.2. The van der Waals surface area contributed by atoms with Crippen LogP contribution in [0.15, 0.2) is 72.8 Å². The number of carbonyl (C=O) groups excluding carboxylic acids is 5. The van der Waals surface area contributed by atoms with Gasteiger partial charge in [-0.05, 0) is 35.9 Å². The Labute approximate surface area is 205 Å². The molecule has 0 spiro atoms. The molecule has 0 saturated carbocycles. The van der Waals surface area contributed by atoms with Crippen molar-refractivity contribution in [2.24, 2.45) is 0 Å². The highest BCUT2D eigenvalue weighted by molar-refractivity contribution is 6.22. The summed E-state index contributed by atoms with van der Waals surface area (Å²) < 4.78 is 10.6. The van der Waals surface area contributed by atoms with Crippen LogP contribution in [-0.2, 0) is 20.7 Å². The van der Waals surface area contributed by atoms with Crippen LogP contribution in [0.4, 0.5) is 5.69 Å². The lowest BCUT2D eigenvalue weighted by Crippen LogP contribution is -2.47. The fourth-order valence-electron chi connectivity index (χ4n) is 4.18. The lowest BCUT2D eigenvalue weighted by atomic mass is 10.0. The predicted octanol–water partition coefficient (Wildman–Crippen LogP) is 2.65. The van der Waals surface area contributed by atoms with Crippen molar-refractivity contribution in [3.8, 4) is 5.75 Å². The summed E-state index contributed by atoms with van der Waals surface area (Å²) in [4.78, 5) is 64.5. The highest BCUT2D eigenvalue weighted by Gasteiger charge is 2.43. The average Bonchev–Trinajstić information content (AvgIpc) is 3.15. The topological polar surface area (TPSA) is 119 Å². The third kappa shape index (κ3) is 4.34. The van der Waals surface area contributed by atoms with Gasteiger partial charge in [-0.25, -0.2) is 4.79 Å². The van der Waals surface area contributed by atoms with Crippen molar-refractivity contribution >= 4 is 35.2 Å². The highest BCUT2D eigenvalue weighted by Crippen LogP contribution is 2.29. The molecule has 1 N–H and O–H groups in total. The van der Waals surface area contributed by atoms with Gasteiger partial charge in [0, 0.05) is 12.0 Å². The molecule has 0 bridgehead atoms. The SMILES string of the molecule is O=C1COc2ccc(C(=O)COC(=O)[C@H](Cc3ccccc3)N3C(=O)c4ccccc4C3=O)cc2N1. The number of anilines is 1. The Kier molecular flexibility index (Phi) is 6.03. The summed E-state index contributed by atoms with van der Waals surface area (Å²) in [5, 5.41) is 2.62. The number of Topliss-reactive ketones (excluding diaryl/α,β-unsaturated/α-hetero) is 1. The first kappa shape index (κ1) is 23.0. The van der Waals surface area contributed by atoms with Crippen LogP contribution in [0, 0.1) is 0 Å². The maximum atomic E-state index is 13.2. The number of nitrogens with zero attached hydrogens (tertiary/aromatic N) is 1. The molecular formula is C27H20N2O7. The fourth-order valence-corrected chi connectivity index (χ4v) is 4.18. The molecule has 2 aliphatic rings. The van der Waals surface area contributed by atoms with Gasteiger partial charge in [0.1, 0.15) is 11.8 Å². The minimum absolute atomic E-state index is 0.0293. The van der Waals surface area contributed by atoms with Crippen molar-refractivity contribution in [3.05, 3.63) is 95.1 Å². The minimum atomic E-state index is -1.26. The Bertz CT molecular complexity index is 1370. The first-order valence-corrected chi connectivity index (χ1v) is 11.2. The van der Waals surface area contributed by atoms with Gasteiger partial charge >= 0.3 is 5.97 Å². The van der Waals surface area contributed by atoms with Crippen LogP contribution in [0.2, 0.25) is 0 Å². The second-order valence-electron chi connectivity index (χ2n) is 8.31. The third-order valence-electron chi connectivity index (χ3n) is 5.96. The largest absolute Gasteiger partial charge is 0.482 e. The van der Waals surface area contributed by atoms with Gasteiger partial charge in [-0.3, -0.25) is 24.1 Å². The number of hydrogen-bond acceptors (Lipinski definition) is 7. The first-order chi connectivity index (χ1) is 17.4. The number of nitrogens with one attached hydrogen (secondary N) is 1. The van der Waals surface area contributed by atoms with Gasteiger partial charge in [-0.15, -0.1) is 0 Å². The summed E-state index contributed by atoms with van der Waals surface area (Å²) in [6.07, 6.45) is 0.0293. The summed E-state index contributed by atoms with van der Waals surface area (Å²) >= 11 is 0. The van der Waals surface area contributed by atoms with Crippen LogP contribution in [0.25, 0.3) is 0 Å². The number of ether oxygens (including phenoxy) is 2. The molecule has 1 atom stereocenters. The van der Waals surface area contributed by atoms with E-state index >= 15 is 0 Å². The zero-order chi connectivity index (χ0) is 25.2. The molecule has 0 aromatic heterocycles. The van der Waals surface area contributed by atoms with Crippen molar-refractivity contribution in [1.29, 1.82) is 0 Å². The van der Waals surface area contributed by atoms with Gasteiger partial charge in [-0.2, -0.15) is 0 Å². The van der Waals surface area contributed by atoms with E-state index in [1.54, 1.807) is 42.5 Å². The summed E-state index contributed by atoms with van der Waals surface area (Å²) in [6.45, 7) is -0.723. The molecule has 36 heavy (non-hydrogen) atoms. The van der Waals surface area contributed by atoms with E-state index in [1.807, 2.05) is 6.07 Å². The number of carbonyl (C=O) groups is 5. The fraction of sp³-hybridized carbons (Fsp3) is 0.148. The number of imide groups is 1. The Morgan fingerprint density at radius 3 is 2.28 bits per heavy atom. The number of hydrogen-bond donors (Lipinski definition) is 1. The zero-order valence-corrected chi connectivity index (χ0v) is 18.9. The van der Waals surface area contributed by atoms with Crippen LogP contribution in [0.1, 0.15) is 36.6 Å². The third-order valence-corrected chi connectivity index (χ3v) is 5.96. The van der Waals surface area contributed by atoms with E-state index in [9.17, 15) is 24.0 Å². The van der Waals surface area contributed by atoms with Crippen molar-refractivity contribution in [3.63, 3.8) is 0 Å². The molecule has 0 saturated heterocycles. The normalized spacial score (nSPS) is 14.9. The smallest absolute Gasteiger partial charge is 0.330 e. The summed E-state index contributed by atoms with van der Waals surface area (Å²) in [6, 6.07) is 18.5. The van der Waals surface area contributed by atoms with Crippen LogP contribution in [0.3, 0.4) is 0 Å². The number of fused-ring (bicyclic) bond motifs is 2. The maximum Gasteiger partial charge on any atom is 0.330 e. The first-order valence-electron chi connectivity index (χ1n) is 11.2. The molecule has 0 unspecified atom stereocenters. The molecule has 3 amide bonds. The Morgan fingerprint density at radius 1 is 0.917 bits per heavy atom. The number of rotatable bonds is 7. The lowest BCUT2D eigenvalue weighted by molar-refractivity contribution is -0.147. The highest BCUT2D eigenvalue weighted by atomic mass is 16.5. The Hall–Kier alpha value is -4.79. The zero-order valence-electron chi connectivity index (χ0n) is 18.9. The van der Waals surface area contributed by atoms with Gasteiger partial charge in [0.05, 0.1) is 16.8 Å². The van der Waals surface area contributed by atoms with Crippen molar-refractivity contribution in [2.45, 2.75) is 12.5 Å². The molecule has 3 aromatic rings. The van der Waals surface area contributed by atoms with Crippen LogP contribution in [-0.4, -0.2) is 53.6 Å². The van der Waals surface area contributed by atoms with Crippen LogP contribution in [0.5, 0.6) is 5.75 Å². The second-order valence-corrected chi connectivity index (χ2v) is 8.31. The molecule has 0 aliphatic carbocycles. The summed E-state index contributed by atoms with van der Waals surface area (Å²) in [5.74, 6) is -2.50. The van der Waals surface area contributed by atoms with Gasteiger partial charge in [0.25, 0.3) is 17.7 Å². The van der Waals surface area contributed by atoms with E-state index < -0.39 is 36.2 Å². The molecule has 3 aromatic carbocycles. The van der Waals surface area contributed by atoms with Crippen LogP contribution < -0.4 is 10.1 Å². The molecule has 9 nitrogen and oxygen atoms in total. The number of amides is 3. The average molecular weight is 484 g/mol. The quantitative estimate of drug-likeness (QED) is 0.311. The van der Waals surface area contributed by atoms with Crippen LogP contribution >= 0.6 is 0 Å². The molecule has 2 heterocycles. The van der Waals surface area contributed by atoms with Gasteiger partial charge in [0.15, 0.2) is 19.0 Å². The standard InChI is InChI=1S/C27H20N2O7/c30-22(17-10-11-23-20(13-17)28-24(31)15-35-23)14-36-27(34)21(12-16-6-2-1-3-7-16)29-25(32)18-8-4-5-9-19(18)26(29)33/h1-11,13,21H,12,14-15H2,(H,28,31)/t21-/m0/s1. The molecule has 0 radical (unpaired) electrons. The van der Waals surface area contributed by atoms with Gasteiger partial charge in [-0.1, -0.05) is 42.5 Å². The van der Waals surface area contributed by atoms with E-state index in [-0.39, 0.29) is 35.6 Å². The number of esters is 1. The molecule has 5 rings (SSSR count). The van der Waals surface area contributed by atoms with E-state index in [2.05, 4.69) is 5.32 Å². The van der Waals surface area contributed by atoms with E-state index in [0.29, 0.717) is 17.0 Å².